The molecule has 0 amide bonds. The Kier molecular flexibility index (Phi) is 4.69. The van der Waals surface area contributed by atoms with Gasteiger partial charge in [0.2, 0.25) is 5.60 Å². The predicted molar refractivity (Wildman–Crippen MR) is 93.6 cm³/mol. The number of nitrogens with zero attached hydrogens (tertiary/aromatic N) is 1. The molecule has 0 radical (unpaired) electrons. The minimum absolute atomic E-state index is 0.271. The number of ether oxygens (including phenoxy) is 1. The molecule has 0 heterocycles. The van der Waals surface area contributed by atoms with E-state index in [0.29, 0.717) is 17.7 Å². The zero-order valence-electron chi connectivity index (χ0n) is 14.2. The van der Waals surface area contributed by atoms with E-state index in [4.69, 9.17) is 4.74 Å². The van der Waals surface area contributed by atoms with E-state index in [2.05, 4.69) is 18.7 Å². The number of hydrogen-bond donors (Lipinski definition) is 1. The predicted octanol–water partition coefficient (Wildman–Crippen LogP) is 2.79. The molecule has 4 nitrogen and oxygen atoms in total. The summed E-state index contributed by atoms with van der Waals surface area (Å²) in [7, 11) is 0. The highest BCUT2D eigenvalue weighted by Gasteiger charge is 2.48. The number of fused-ring (bicyclic) bond motifs is 3. The SMILES string of the molecule is CCN(CC)CCOC(=O)C1(O)c2ccccc2-c2ccccc21. The Morgan fingerprint density at radius 3 is 2.00 bits per heavy atom. The number of carbonyl (C=O) groups is 1. The first kappa shape index (κ1) is 16.7. The lowest BCUT2D eigenvalue weighted by atomic mass is 9.91. The lowest BCUT2D eigenvalue weighted by molar-refractivity contribution is -0.162. The second-order valence-electron chi connectivity index (χ2n) is 5.96. The van der Waals surface area contributed by atoms with E-state index in [-0.39, 0.29) is 6.61 Å². The van der Waals surface area contributed by atoms with Crippen LogP contribution >= 0.6 is 0 Å². The van der Waals surface area contributed by atoms with E-state index in [1.54, 1.807) is 12.1 Å². The summed E-state index contributed by atoms with van der Waals surface area (Å²) in [6.07, 6.45) is 0. The van der Waals surface area contributed by atoms with Crippen molar-refractivity contribution < 1.29 is 14.6 Å². The van der Waals surface area contributed by atoms with Gasteiger partial charge in [0.1, 0.15) is 6.61 Å². The second kappa shape index (κ2) is 6.75. The van der Waals surface area contributed by atoms with Crippen molar-refractivity contribution in [3.05, 3.63) is 59.7 Å². The first-order chi connectivity index (χ1) is 11.6. The summed E-state index contributed by atoms with van der Waals surface area (Å²) in [5, 5.41) is 11.3. The number of hydrogen-bond acceptors (Lipinski definition) is 4. The molecule has 1 aliphatic carbocycles. The average molecular weight is 325 g/mol. The van der Waals surface area contributed by atoms with Crippen LogP contribution in [0.3, 0.4) is 0 Å². The van der Waals surface area contributed by atoms with Crippen LogP contribution in [0.1, 0.15) is 25.0 Å². The molecule has 0 spiro atoms. The van der Waals surface area contributed by atoms with Crippen LogP contribution in [-0.2, 0) is 15.1 Å². The third-order valence-corrected chi connectivity index (χ3v) is 4.75. The van der Waals surface area contributed by atoms with Crippen molar-refractivity contribution in [3.63, 3.8) is 0 Å². The highest BCUT2D eigenvalue weighted by molar-refractivity contribution is 5.96. The van der Waals surface area contributed by atoms with Crippen LogP contribution in [0.2, 0.25) is 0 Å². The van der Waals surface area contributed by atoms with Gasteiger partial charge >= 0.3 is 5.97 Å². The highest BCUT2D eigenvalue weighted by atomic mass is 16.5. The van der Waals surface area contributed by atoms with E-state index in [0.717, 1.165) is 24.2 Å². The van der Waals surface area contributed by atoms with Crippen molar-refractivity contribution in [2.45, 2.75) is 19.4 Å². The highest BCUT2D eigenvalue weighted by Crippen LogP contribution is 2.47. The summed E-state index contributed by atoms with van der Waals surface area (Å²) in [6, 6.07) is 14.9. The lowest BCUT2D eigenvalue weighted by Gasteiger charge is -2.24. The lowest BCUT2D eigenvalue weighted by Crippen LogP contribution is -2.38. The van der Waals surface area contributed by atoms with E-state index < -0.39 is 11.6 Å². The van der Waals surface area contributed by atoms with Crippen LogP contribution < -0.4 is 0 Å². The van der Waals surface area contributed by atoms with Crippen LogP contribution in [0, 0.1) is 0 Å². The van der Waals surface area contributed by atoms with Crippen molar-refractivity contribution in [1.29, 1.82) is 0 Å². The summed E-state index contributed by atoms with van der Waals surface area (Å²) >= 11 is 0. The quantitative estimate of drug-likeness (QED) is 0.830. The standard InChI is InChI=1S/C20H23NO3/c1-3-21(4-2)13-14-24-19(22)20(23)17-11-7-5-9-15(17)16-10-6-8-12-18(16)20/h5-12,23H,3-4,13-14H2,1-2H3. The van der Waals surface area contributed by atoms with Gasteiger partial charge in [-0.25, -0.2) is 4.79 Å². The second-order valence-corrected chi connectivity index (χ2v) is 5.96. The molecule has 1 N–H and O–H groups in total. The molecule has 24 heavy (non-hydrogen) atoms. The Morgan fingerprint density at radius 2 is 1.50 bits per heavy atom. The van der Waals surface area contributed by atoms with Gasteiger partial charge in [0.05, 0.1) is 0 Å². The zero-order valence-corrected chi connectivity index (χ0v) is 14.2. The molecule has 3 rings (SSSR count). The number of benzene rings is 2. The van der Waals surface area contributed by atoms with E-state index in [1.165, 1.54) is 0 Å². The van der Waals surface area contributed by atoms with Crippen LogP contribution in [0.25, 0.3) is 11.1 Å². The monoisotopic (exact) mass is 325 g/mol. The molecule has 2 aromatic carbocycles. The molecule has 0 bridgehead atoms. The maximum Gasteiger partial charge on any atom is 0.347 e. The van der Waals surface area contributed by atoms with Gasteiger partial charge in [-0.2, -0.15) is 0 Å². The summed E-state index contributed by atoms with van der Waals surface area (Å²) in [5.41, 5.74) is 1.24. The Hall–Kier alpha value is -2.17. The fourth-order valence-electron chi connectivity index (χ4n) is 3.34. The summed E-state index contributed by atoms with van der Waals surface area (Å²) < 4.78 is 5.45. The fourth-order valence-corrected chi connectivity index (χ4v) is 3.34. The molecule has 0 atom stereocenters. The Labute approximate surface area is 142 Å². The maximum atomic E-state index is 12.8. The summed E-state index contributed by atoms with van der Waals surface area (Å²) in [6.45, 7) is 6.89. The summed E-state index contributed by atoms with van der Waals surface area (Å²) in [4.78, 5) is 14.9. The number of rotatable bonds is 6. The third-order valence-electron chi connectivity index (χ3n) is 4.75. The van der Waals surface area contributed by atoms with E-state index in [9.17, 15) is 9.90 Å². The van der Waals surface area contributed by atoms with Crippen LogP contribution in [0.5, 0.6) is 0 Å². The van der Waals surface area contributed by atoms with Crippen LogP contribution in [0.15, 0.2) is 48.5 Å². The van der Waals surface area contributed by atoms with Crippen molar-refractivity contribution >= 4 is 5.97 Å². The first-order valence-corrected chi connectivity index (χ1v) is 8.44. The number of carbonyl (C=O) groups excluding carboxylic acids is 1. The number of esters is 1. The van der Waals surface area contributed by atoms with Gasteiger partial charge in [0, 0.05) is 17.7 Å². The molecule has 0 aromatic heterocycles. The molecular formula is C20H23NO3. The Morgan fingerprint density at radius 1 is 1.00 bits per heavy atom. The molecule has 0 aliphatic heterocycles. The molecule has 0 unspecified atom stereocenters. The average Bonchev–Trinajstić information content (AvgIpc) is 2.90. The molecule has 126 valence electrons. The van der Waals surface area contributed by atoms with Crippen molar-refractivity contribution in [3.8, 4) is 11.1 Å². The number of aliphatic hydroxyl groups is 1. The minimum Gasteiger partial charge on any atom is -0.462 e. The molecule has 0 saturated carbocycles. The molecule has 4 heteroatoms. The molecule has 0 fully saturated rings. The Balaban J connectivity index is 1.87. The van der Waals surface area contributed by atoms with Crippen molar-refractivity contribution in [2.24, 2.45) is 0 Å². The first-order valence-electron chi connectivity index (χ1n) is 8.44. The third kappa shape index (κ3) is 2.62. The fraction of sp³-hybridized carbons (Fsp3) is 0.350. The van der Waals surface area contributed by atoms with Crippen molar-refractivity contribution in [1.82, 2.24) is 4.90 Å². The van der Waals surface area contributed by atoms with Gasteiger partial charge in [-0.05, 0) is 24.2 Å². The molecular weight excluding hydrogens is 302 g/mol. The Bertz CT molecular complexity index is 692. The maximum absolute atomic E-state index is 12.8. The van der Waals surface area contributed by atoms with Gasteiger partial charge in [0.25, 0.3) is 0 Å². The molecule has 2 aromatic rings. The van der Waals surface area contributed by atoms with Gasteiger partial charge in [-0.1, -0.05) is 62.4 Å². The van der Waals surface area contributed by atoms with Gasteiger partial charge < -0.3 is 14.7 Å². The van der Waals surface area contributed by atoms with Gasteiger partial charge in [-0.15, -0.1) is 0 Å². The zero-order chi connectivity index (χ0) is 17.2. The van der Waals surface area contributed by atoms with Gasteiger partial charge in [-0.3, -0.25) is 0 Å². The van der Waals surface area contributed by atoms with E-state index in [1.807, 2.05) is 36.4 Å². The van der Waals surface area contributed by atoms with Crippen LogP contribution in [0.4, 0.5) is 0 Å². The smallest absolute Gasteiger partial charge is 0.347 e. The minimum atomic E-state index is -1.73. The molecule has 1 aliphatic rings. The normalized spacial score (nSPS) is 14.3. The molecule has 0 saturated heterocycles. The topological polar surface area (TPSA) is 49.8 Å². The van der Waals surface area contributed by atoms with Crippen LogP contribution in [-0.4, -0.2) is 42.2 Å². The van der Waals surface area contributed by atoms with Gasteiger partial charge in [0.15, 0.2) is 0 Å². The van der Waals surface area contributed by atoms with Crippen molar-refractivity contribution in [2.75, 3.05) is 26.2 Å². The van der Waals surface area contributed by atoms with E-state index >= 15 is 0 Å². The number of likely N-dealkylation sites (N-methyl/N-ethyl adjacent to an activating group) is 1. The summed E-state index contributed by atoms with van der Waals surface area (Å²) in [5.74, 6) is -0.605. The largest absolute Gasteiger partial charge is 0.462 e.